The van der Waals surface area contributed by atoms with Crippen LogP contribution in [-0.4, -0.2) is 32.9 Å². The molecule has 0 amide bonds. The van der Waals surface area contributed by atoms with Crippen LogP contribution in [0.15, 0.2) is 61.2 Å². The summed E-state index contributed by atoms with van der Waals surface area (Å²) in [5.74, 6) is -1.26. The lowest BCUT2D eigenvalue weighted by molar-refractivity contribution is -0.141. The molecule has 2 heterocycles. The van der Waals surface area contributed by atoms with Crippen molar-refractivity contribution < 1.29 is 9.59 Å². The van der Waals surface area contributed by atoms with E-state index >= 15 is 0 Å². The summed E-state index contributed by atoms with van der Waals surface area (Å²) in [6.45, 7) is 0.741. The summed E-state index contributed by atoms with van der Waals surface area (Å²) in [6, 6.07) is 14.5. The number of carbonyl (C=O) groups is 2. The number of hydrogen-bond donors (Lipinski definition) is 1. The first-order valence-electron chi connectivity index (χ1n) is 10.1. The van der Waals surface area contributed by atoms with Crippen LogP contribution < -0.4 is 5.32 Å². The van der Waals surface area contributed by atoms with Crippen LogP contribution in [0.3, 0.4) is 0 Å². The van der Waals surface area contributed by atoms with Gasteiger partial charge in [-0.05, 0) is 41.8 Å². The van der Waals surface area contributed by atoms with Crippen LogP contribution in [0.2, 0.25) is 5.02 Å². The number of carbonyl (C=O) groups excluding carboxylic acids is 2. The van der Waals surface area contributed by atoms with Gasteiger partial charge in [-0.1, -0.05) is 48.0 Å². The molecule has 1 aromatic heterocycles. The van der Waals surface area contributed by atoms with E-state index in [1.54, 1.807) is 17.1 Å². The maximum absolute atomic E-state index is 13.8. The first-order chi connectivity index (χ1) is 14.6. The second-order valence-electron chi connectivity index (χ2n) is 7.91. The van der Waals surface area contributed by atoms with E-state index in [0.717, 1.165) is 24.1 Å². The number of aromatic nitrogens is 3. The van der Waals surface area contributed by atoms with Gasteiger partial charge in [-0.15, -0.1) is 0 Å². The molecule has 1 saturated carbocycles. The van der Waals surface area contributed by atoms with Crippen molar-refractivity contribution in [3.8, 4) is 0 Å². The largest absolute Gasteiger partial charge is 0.309 e. The Labute approximate surface area is 179 Å². The van der Waals surface area contributed by atoms with Crippen molar-refractivity contribution in [2.24, 2.45) is 5.92 Å². The van der Waals surface area contributed by atoms with Gasteiger partial charge in [-0.3, -0.25) is 9.59 Å². The number of Topliss-reactive ketones (excluding diaryl/α,β-unsaturated/α-hetero) is 2. The fraction of sp³-hybridized carbons (Fsp3) is 0.304. The molecule has 0 saturated heterocycles. The van der Waals surface area contributed by atoms with E-state index in [4.69, 9.17) is 11.6 Å². The number of hydrogen-bond acceptors (Lipinski definition) is 5. The number of halogens is 1. The highest BCUT2D eigenvalue weighted by Gasteiger charge is 2.49. The zero-order valence-corrected chi connectivity index (χ0v) is 17.0. The monoisotopic (exact) mass is 420 g/mol. The van der Waals surface area contributed by atoms with E-state index in [1.165, 1.54) is 11.9 Å². The van der Waals surface area contributed by atoms with E-state index in [9.17, 15) is 9.59 Å². The predicted molar refractivity (Wildman–Crippen MR) is 112 cm³/mol. The second kappa shape index (κ2) is 7.78. The maximum atomic E-state index is 13.8. The zero-order chi connectivity index (χ0) is 20.7. The lowest BCUT2D eigenvalue weighted by atomic mass is 9.69. The number of benzene rings is 2. The minimum atomic E-state index is -0.754. The van der Waals surface area contributed by atoms with Gasteiger partial charge in [0.25, 0.3) is 0 Å². The number of fused-ring (bicyclic) bond motifs is 1. The Morgan fingerprint density at radius 3 is 2.77 bits per heavy atom. The molecule has 6 nitrogen and oxygen atoms in total. The van der Waals surface area contributed by atoms with Crippen LogP contribution in [0.4, 0.5) is 0 Å². The third-order valence-electron chi connectivity index (χ3n) is 6.23. The smallest absolute Gasteiger partial charge is 0.170 e. The molecule has 152 valence electrons. The fourth-order valence-electron chi connectivity index (χ4n) is 4.89. The van der Waals surface area contributed by atoms with Crippen LogP contribution in [0, 0.1) is 5.92 Å². The van der Waals surface area contributed by atoms with Gasteiger partial charge >= 0.3 is 0 Å². The van der Waals surface area contributed by atoms with Gasteiger partial charge in [0.2, 0.25) is 0 Å². The standard InChI is InChI=1S/C23H21ClN4O2/c24-16-6-3-5-15(10-16)18-11-19(29)20(23(30)22(18)28-13-25-12-27-28)21-17-7-2-1-4-14(17)8-9-26-21/h1-7,10,12-13,18,20-22,26H,8-9,11H2/t18-,20-,21+,22-/m0/s1. The molecule has 0 spiro atoms. The van der Waals surface area contributed by atoms with Crippen LogP contribution in [-0.2, 0) is 16.0 Å². The molecule has 7 heteroatoms. The van der Waals surface area contributed by atoms with E-state index < -0.39 is 12.0 Å². The van der Waals surface area contributed by atoms with E-state index in [0.29, 0.717) is 5.02 Å². The topological polar surface area (TPSA) is 76.9 Å². The normalized spacial score (nSPS) is 26.4. The Balaban J connectivity index is 1.57. The van der Waals surface area contributed by atoms with Crippen LogP contribution in [0.25, 0.3) is 0 Å². The molecule has 3 aromatic rings. The van der Waals surface area contributed by atoms with Crippen molar-refractivity contribution >= 4 is 23.2 Å². The summed E-state index contributed by atoms with van der Waals surface area (Å²) in [6.07, 6.45) is 4.11. The molecule has 1 aliphatic carbocycles. The summed E-state index contributed by atoms with van der Waals surface area (Å²) in [5.41, 5.74) is 3.09. The van der Waals surface area contributed by atoms with Crippen molar-refractivity contribution in [2.75, 3.05) is 6.54 Å². The van der Waals surface area contributed by atoms with Crippen LogP contribution in [0.1, 0.15) is 41.1 Å². The highest BCUT2D eigenvalue weighted by Crippen LogP contribution is 2.44. The average molecular weight is 421 g/mol. The lowest BCUT2D eigenvalue weighted by Gasteiger charge is -2.39. The van der Waals surface area contributed by atoms with Gasteiger partial charge in [0.1, 0.15) is 24.5 Å². The van der Waals surface area contributed by atoms with Crippen molar-refractivity contribution in [2.45, 2.75) is 30.8 Å². The van der Waals surface area contributed by atoms with Crippen molar-refractivity contribution in [1.82, 2.24) is 20.1 Å². The highest BCUT2D eigenvalue weighted by atomic mass is 35.5. The average Bonchev–Trinajstić information content (AvgIpc) is 3.28. The van der Waals surface area contributed by atoms with Crippen molar-refractivity contribution in [1.29, 1.82) is 0 Å². The molecule has 5 rings (SSSR count). The Bertz CT molecular complexity index is 1100. The molecule has 2 aliphatic rings. The molecule has 4 atom stereocenters. The molecular formula is C23H21ClN4O2. The lowest BCUT2D eigenvalue weighted by Crippen LogP contribution is -2.48. The van der Waals surface area contributed by atoms with Gasteiger partial charge < -0.3 is 5.32 Å². The SMILES string of the molecule is O=C1C[C@@H](c2cccc(Cl)c2)[C@H](n2cncn2)C(=O)[C@@H]1[C@@H]1NCCc2ccccc21. The van der Waals surface area contributed by atoms with Crippen LogP contribution >= 0.6 is 11.6 Å². The minimum absolute atomic E-state index is 0.0458. The summed E-state index contributed by atoms with van der Waals surface area (Å²) in [4.78, 5) is 31.2. The summed E-state index contributed by atoms with van der Waals surface area (Å²) in [5, 5.41) is 8.26. The van der Waals surface area contributed by atoms with Gasteiger partial charge in [-0.25, -0.2) is 9.67 Å². The zero-order valence-electron chi connectivity index (χ0n) is 16.2. The number of ketones is 2. The summed E-state index contributed by atoms with van der Waals surface area (Å²) in [7, 11) is 0. The van der Waals surface area contributed by atoms with Crippen LogP contribution in [0.5, 0.6) is 0 Å². The third kappa shape index (κ3) is 3.26. The summed E-state index contributed by atoms with van der Waals surface area (Å²) >= 11 is 6.20. The molecular weight excluding hydrogens is 400 g/mol. The first-order valence-corrected chi connectivity index (χ1v) is 10.5. The van der Waals surface area contributed by atoms with Gasteiger partial charge in [-0.2, -0.15) is 5.10 Å². The minimum Gasteiger partial charge on any atom is -0.309 e. The highest BCUT2D eigenvalue weighted by molar-refractivity contribution is 6.30. The molecule has 1 aliphatic heterocycles. The molecule has 30 heavy (non-hydrogen) atoms. The Morgan fingerprint density at radius 1 is 1.10 bits per heavy atom. The molecule has 0 radical (unpaired) electrons. The maximum Gasteiger partial charge on any atom is 0.170 e. The number of rotatable bonds is 3. The Kier molecular flexibility index (Phi) is 4.97. The quantitative estimate of drug-likeness (QED) is 0.658. The third-order valence-corrected chi connectivity index (χ3v) is 6.46. The Hall–Kier alpha value is -2.83. The molecule has 1 fully saturated rings. The van der Waals surface area contributed by atoms with E-state index in [1.807, 2.05) is 36.4 Å². The molecule has 2 aromatic carbocycles. The Morgan fingerprint density at radius 2 is 1.97 bits per heavy atom. The second-order valence-corrected chi connectivity index (χ2v) is 8.35. The van der Waals surface area contributed by atoms with E-state index in [-0.39, 0.29) is 29.9 Å². The molecule has 1 N–H and O–H groups in total. The van der Waals surface area contributed by atoms with Gasteiger partial charge in [0.15, 0.2) is 5.78 Å². The van der Waals surface area contributed by atoms with Crippen molar-refractivity contribution in [3.05, 3.63) is 82.9 Å². The van der Waals surface area contributed by atoms with Crippen molar-refractivity contribution in [3.63, 3.8) is 0 Å². The first kappa shape index (κ1) is 19.2. The molecule has 0 bridgehead atoms. The van der Waals surface area contributed by atoms with Gasteiger partial charge in [0, 0.05) is 23.4 Å². The summed E-state index contributed by atoms with van der Waals surface area (Å²) < 4.78 is 1.59. The van der Waals surface area contributed by atoms with Gasteiger partial charge in [0.05, 0.1) is 5.92 Å². The molecule has 0 unspecified atom stereocenters. The number of nitrogens with zero attached hydrogens (tertiary/aromatic N) is 3. The predicted octanol–water partition coefficient (Wildman–Crippen LogP) is 3.30. The van der Waals surface area contributed by atoms with E-state index in [2.05, 4.69) is 21.5 Å². The fourth-order valence-corrected chi connectivity index (χ4v) is 5.09. The number of nitrogens with one attached hydrogen (secondary N) is 1.